The number of anilines is 1. The van der Waals surface area contributed by atoms with Crippen molar-refractivity contribution in [2.45, 2.75) is 46.2 Å². The van der Waals surface area contributed by atoms with E-state index in [0.29, 0.717) is 12.1 Å². The van der Waals surface area contributed by atoms with Gasteiger partial charge in [-0.15, -0.1) is 0 Å². The lowest BCUT2D eigenvalue weighted by atomic mass is 9.89. The molecule has 5 heteroatoms. The van der Waals surface area contributed by atoms with E-state index in [9.17, 15) is 0 Å². The van der Waals surface area contributed by atoms with Crippen LogP contribution in [0.3, 0.4) is 0 Å². The summed E-state index contributed by atoms with van der Waals surface area (Å²) in [7, 11) is 1.50. The van der Waals surface area contributed by atoms with E-state index >= 15 is 0 Å². The highest BCUT2D eigenvalue weighted by Crippen LogP contribution is 2.32. The van der Waals surface area contributed by atoms with Crippen molar-refractivity contribution in [3.63, 3.8) is 0 Å². The molecule has 0 saturated carbocycles. The second-order valence-corrected chi connectivity index (χ2v) is 6.00. The van der Waals surface area contributed by atoms with Crippen molar-refractivity contribution in [2.24, 2.45) is 0 Å². The number of nitrogens with zero attached hydrogens (tertiary/aromatic N) is 2. The van der Waals surface area contributed by atoms with Gasteiger partial charge in [-0.3, -0.25) is 0 Å². The normalized spacial score (nSPS) is 21.5. The highest BCUT2D eigenvalue weighted by molar-refractivity contribution is 14.2. The number of pyridine rings is 1. The molecule has 21 heavy (non-hydrogen) atoms. The predicted molar refractivity (Wildman–Crippen MR) is 103 cm³/mol. The van der Waals surface area contributed by atoms with Crippen LogP contribution in [-0.2, 0) is 0 Å². The van der Waals surface area contributed by atoms with Crippen LogP contribution in [0.15, 0.2) is 18.3 Å². The molecule has 2 aliphatic rings. The van der Waals surface area contributed by atoms with Crippen LogP contribution in [0, 0.1) is 11.2 Å². The van der Waals surface area contributed by atoms with Crippen LogP contribution in [0.5, 0.6) is 0 Å². The molecule has 0 radical (unpaired) electrons. The van der Waals surface area contributed by atoms with E-state index in [1.807, 2.05) is 33.9 Å². The fourth-order valence-electron chi connectivity index (χ4n) is 2.55. The van der Waals surface area contributed by atoms with Crippen molar-refractivity contribution in [3.05, 3.63) is 23.9 Å². The molecule has 0 amide bonds. The van der Waals surface area contributed by atoms with E-state index in [4.69, 9.17) is 0 Å². The molecule has 2 aliphatic heterocycles. The molecule has 2 bridgehead atoms. The first-order valence-corrected chi connectivity index (χ1v) is 11.0. The van der Waals surface area contributed by atoms with Crippen molar-refractivity contribution in [2.75, 3.05) is 18.0 Å². The summed E-state index contributed by atoms with van der Waals surface area (Å²) in [4.78, 5) is 6.95. The monoisotopic (exact) mass is 417 g/mol. The van der Waals surface area contributed by atoms with Crippen molar-refractivity contribution in [3.8, 4) is 11.2 Å². The van der Waals surface area contributed by atoms with Crippen LogP contribution in [-0.4, -0.2) is 30.2 Å². The average molecular weight is 417 g/mol. The van der Waals surface area contributed by atoms with Crippen LogP contribution < -0.4 is 10.2 Å². The van der Waals surface area contributed by atoms with E-state index in [1.165, 1.54) is 15.4 Å². The number of rotatable bonds is 1. The second-order valence-electron chi connectivity index (χ2n) is 4.32. The number of piperidine rings is 1. The summed E-state index contributed by atoms with van der Waals surface area (Å²) in [5.74, 6) is 4.16. The molecule has 3 heterocycles. The maximum absolute atomic E-state index is 4.52. The van der Waals surface area contributed by atoms with Crippen LogP contribution in [0.25, 0.3) is 0 Å². The zero-order chi connectivity index (χ0) is 15.7. The predicted octanol–water partition coefficient (Wildman–Crippen LogP) is 4.08. The maximum Gasteiger partial charge on any atom is 0.129 e. The molecule has 1 N–H and O–H groups in total. The Morgan fingerprint density at radius 1 is 1.24 bits per heavy atom. The number of aromatic nitrogens is 1. The third kappa shape index (κ3) is 4.76. The first kappa shape index (κ1) is 18.6. The Labute approximate surface area is 145 Å². The van der Waals surface area contributed by atoms with Gasteiger partial charge in [0, 0.05) is 58.1 Å². The molecule has 3 rings (SSSR count). The molecular weight excluding hydrogens is 393 g/mol. The summed E-state index contributed by atoms with van der Waals surface area (Å²) in [5, 5.41) is 6.40. The van der Waals surface area contributed by atoms with Gasteiger partial charge in [-0.2, -0.15) is 0 Å². The quantitative estimate of drug-likeness (QED) is 0.551. The van der Waals surface area contributed by atoms with Gasteiger partial charge < -0.3 is 10.2 Å². The van der Waals surface area contributed by atoms with Crippen LogP contribution in [0.1, 0.15) is 39.7 Å². The van der Waals surface area contributed by atoms with Gasteiger partial charge in [-0.05, 0) is 32.7 Å². The Hall–Kier alpha value is -0.450. The molecule has 2 saturated heterocycles. The van der Waals surface area contributed by atoms with Gasteiger partial charge in [0.2, 0.25) is 0 Å². The van der Waals surface area contributed by atoms with E-state index in [-0.39, 0.29) is 0 Å². The highest BCUT2D eigenvalue weighted by Gasteiger charge is 2.41. The fraction of sp³-hybridized carbons (Fsp3) is 0.562. The number of hydrogen-bond acceptors (Lipinski definition) is 4. The van der Waals surface area contributed by atoms with Crippen molar-refractivity contribution >= 4 is 36.0 Å². The topological polar surface area (TPSA) is 28.2 Å². The summed E-state index contributed by atoms with van der Waals surface area (Å²) in [5.41, 5.74) is 0.988. The summed E-state index contributed by atoms with van der Waals surface area (Å²) < 4.78 is 0. The van der Waals surface area contributed by atoms with E-state index < -0.39 is 0 Å². The Morgan fingerprint density at radius 2 is 1.90 bits per heavy atom. The zero-order valence-corrected chi connectivity index (χ0v) is 16.2. The van der Waals surface area contributed by atoms with E-state index in [1.54, 1.807) is 0 Å². The minimum Gasteiger partial charge on any atom is -0.348 e. The summed E-state index contributed by atoms with van der Waals surface area (Å²) in [6.45, 7) is 10.2. The second kappa shape index (κ2) is 10.3. The summed E-state index contributed by atoms with van der Waals surface area (Å²) in [6, 6.07) is 5.43. The lowest BCUT2D eigenvalue weighted by Gasteiger charge is -2.53. The van der Waals surface area contributed by atoms with Gasteiger partial charge in [0.25, 0.3) is 0 Å². The van der Waals surface area contributed by atoms with Crippen LogP contribution >= 0.6 is 30.1 Å². The minimum absolute atomic E-state index is 0.642. The molecular formula is C16H24IN3S. The Morgan fingerprint density at radius 3 is 2.38 bits per heavy atom. The molecule has 2 atom stereocenters. The molecule has 1 aromatic heterocycles. The molecule has 2 fully saturated rings. The van der Waals surface area contributed by atoms with E-state index in [2.05, 4.69) is 59.7 Å². The lowest BCUT2D eigenvalue weighted by Crippen LogP contribution is -2.68. The Kier molecular flexibility index (Phi) is 9.13. The van der Waals surface area contributed by atoms with Gasteiger partial charge >= 0.3 is 0 Å². The van der Waals surface area contributed by atoms with Crippen molar-refractivity contribution in [1.29, 1.82) is 0 Å². The number of nitrogens with one attached hydrogen (secondary N) is 1. The average Bonchev–Trinajstić information content (AvgIpc) is 2.58. The van der Waals surface area contributed by atoms with Crippen molar-refractivity contribution in [1.82, 2.24) is 10.3 Å². The van der Waals surface area contributed by atoms with Crippen LogP contribution in [0.2, 0.25) is 0 Å². The molecule has 0 spiro atoms. The highest BCUT2D eigenvalue weighted by atomic mass is 127. The minimum atomic E-state index is 0.642. The molecule has 0 aromatic carbocycles. The zero-order valence-electron chi connectivity index (χ0n) is 13.2. The van der Waals surface area contributed by atoms with Crippen molar-refractivity contribution < 1.29 is 0 Å². The van der Waals surface area contributed by atoms with Gasteiger partial charge in [0.15, 0.2) is 0 Å². The molecule has 2 unspecified atom stereocenters. The number of piperazine rings is 1. The Bertz CT molecular complexity index is 453. The molecule has 116 valence electrons. The first-order chi connectivity index (χ1) is 10.4. The smallest absolute Gasteiger partial charge is 0.129 e. The van der Waals surface area contributed by atoms with Gasteiger partial charge in [-0.1, -0.05) is 33.6 Å². The SMILES string of the molecule is CC.CC.ISC#Cc1ccc(N2C3CNCC2C3)nc1. The lowest BCUT2D eigenvalue weighted by molar-refractivity contribution is 0.260. The van der Waals surface area contributed by atoms with E-state index in [0.717, 1.165) is 24.5 Å². The van der Waals surface area contributed by atoms with Crippen LogP contribution in [0.4, 0.5) is 5.82 Å². The van der Waals surface area contributed by atoms with Gasteiger partial charge in [0.1, 0.15) is 5.82 Å². The largest absolute Gasteiger partial charge is 0.348 e. The first-order valence-electron chi connectivity index (χ1n) is 7.62. The molecule has 0 aliphatic carbocycles. The fourth-order valence-corrected chi connectivity index (χ4v) is 3.03. The maximum atomic E-state index is 4.52. The number of fused-ring (bicyclic) bond motifs is 2. The summed E-state index contributed by atoms with van der Waals surface area (Å²) >= 11 is 2.17. The van der Waals surface area contributed by atoms with Gasteiger partial charge in [0.05, 0.1) is 0 Å². The molecule has 3 nitrogen and oxygen atoms in total. The number of hydrogen-bond donors (Lipinski definition) is 1. The number of halogens is 1. The molecule has 1 aromatic rings. The standard InChI is InChI=1S/C12H12IN3S.2C2H6/c13-17-4-3-9-1-2-12(15-6-9)16-10-5-11(16)8-14-7-10;2*1-2/h1-2,6,10-11,14H,5,7-8H2;2*1-2H3. The third-order valence-electron chi connectivity index (χ3n) is 3.34. The summed E-state index contributed by atoms with van der Waals surface area (Å²) in [6.07, 6.45) is 3.18. The van der Waals surface area contributed by atoms with Gasteiger partial charge in [-0.25, -0.2) is 4.98 Å². The third-order valence-corrected chi connectivity index (χ3v) is 4.18. The Balaban J connectivity index is 0.000000510.